The molecule has 0 bridgehead atoms. The van der Waals surface area contributed by atoms with Gasteiger partial charge in [0, 0.05) is 0 Å². The largest absolute Gasteiger partial charge is 0.484 e. The Morgan fingerprint density at radius 1 is 1.35 bits per heavy atom. The van der Waals surface area contributed by atoms with Crippen LogP contribution in [0.3, 0.4) is 0 Å². The molecule has 0 saturated carbocycles. The van der Waals surface area contributed by atoms with E-state index in [0.29, 0.717) is 11.4 Å². The Kier molecular flexibility index (Phi) is 3.15. The highest BCUT2D eigenvalue weighted by atomic mass is 19.4. The molecule has 1 aromatic rings. The molecular weight excluding hydrogens is 235 g/mol. The van der Waals surface area contributed by atoms with Crippen molar-refractivity contribution < 1.29 is 23.0 Å². The number of aliphatic hydroxyl groups is 1. The van der Waals surface area contributed by atoms with E-state index in [2.05, 4.69) is 0 Å². The molecule has 0 spiro atoms. The van der Waals surface area contributed by atoms with E-state index in [0.717, 1.165) is 0 Å². The number of rotatable bonds is 2. The second-order valence-corrected chi connectivity index (χ2v) is 3.89. The molecule has 1 atom stereocenters. The lowest BCUT2D eigenvalue weighted by Gasteiger charge is -2.35. The van der Waals surface area contributed by atoms with Gasteiger partial charge in [0.1, 0.15) is 18.4 Å². The maximum Gasteiger partial charge on any atom is 0.405 e. The first-order valence-corrected chi connectivity index (χ1v) is 5.18. The molecule has 1 unspecified atom stereocenters. The lowest BCUT2D eigenvalue weighted by Crippen LogP contribution is -2.45. The van der Waals surface area contributed by atoms with Crippen LogP contribution in [-0.4, -0.2) is 37.1 Å². The molecule has 0 radical (unpaired) electrons. The summed E-state index contributed by atoms with van der Waals surface area (Å²) in [6.45, 7) is -1.31. The average Bonchev–Trinajstić information content (AvgIpc) is 2.26. The van der Waals surface area contributed by atoms with Crippen LogP contribution in [0.2, 0.25) is 0 Å². The van der Waals surface area contributed by atoms with Crippen LogP contribution in [0.5, 0.6) is 5.75 Å². The molecule has 0 saturated heterocycles. The van der Waals surface area contributed by atoms with Crippen LogP contribution in [0.15, 0.2) is 24.3 Å². The summed E-state index contributed by atoms with van der Waals surface area (Å²) in [5.41, 5.74) is 0.412. The van der Waals surface area contributed by atoms with Gasteiger partial charge in [-0.15, -0.1) is 0 Å². The van der Waals surface area contributed by atoms with E-state index in [-0.39, 0.29) is 13.2 Å². The van der Waals surface area contributed by atoms with Gasteiger partial charge in [-0.3, -0.25) is 0 Å². The van der Waals surface area contributed by atoms with E-state index in [9.17, 15) is 13.2 Å². The second-order valence-electron chi connectivity index (χ2n) is 3.89. The molecule has 0 fully saturated rings. The van der Waals surface area contributed by atoms with E-state index >= 15 is 0 Å². The first-order valence-electron chi connectivity index (χ1n) is 5.18. The third-order valence-corrected chi connectivity index (χ3v) is 2.50. The third kappa shape index (κ3) is 2.82. The Labute approximate surface area is 96.4 Å². The van der Waals surface area contributed by atoms with Gasteiger partial charge in [0.25, 0.3) is 0 Å². The molecule has 3 nitrogen and oxygen atoms in total. The summed E-state index contributed by atoms with van der Waals surface area (Å²) >= 11 is 0. The quantitative estimate of drug-likeness (QED) is 0.865. The lowest BCUT2D eigenvalue weighted by atomic mass is 10.2. The van der Waals surface area contributed by atoms with E-state index in [1.54, 1.807) is 24.3 Å². The van der Waals surface area contributed by atoms with Gasteiger partial charge in [0.2, 0.25) is 0 Å². The van der Waals surface area contributed by atoms with Crippen LogP contribution in [0, 0.1) is 0 Å². The minimum absolute atomic E-state index is 0.0347. The summed E-state index contributed by atoms with van der Waals surface area (Å²) in [5.74, 6) is 0.377. The zero-order valence-corrected chi connectivity index (χ0v) is 8.94. The van der Waals surface area contributed by atoms with Crippen molar-refractivity contribution in [3.8, 4) is 5.75 Å². The first kappa shape index (κ1) is 12.0. The van der Waals surface area contributed by atoms with Gasteiger partial charge in [-0.05, 0) is 12.1 Å². The molecule has 0 amide bonds. The van der Waals surface area contributed by atoms with Crippen molar-refractivity contribution in [2.24, 2.45) is 0 Å². The number of alkyl halides is 3. The van der Waals surface area contributed by atoms with Crippen molar-refractivity contribution in [3.05, 3.63) is 24.3 Å². The molecule has 0 aliphatic carbocycles. The molecule has 17 heavy (non-hydrogen) atoms. The number of aliphatic hydroxyl groups excluding tert-OH is 1. The molecule has 94 valence electrons. The van der Waals surface area contributed by atoms with Gasteiger partial charge >= 0.3 is 6.18 Å². The van der Waals surface area contributed by atoms with Crippen molar-refractivity contribution in [2.45, 2.75) is 12.3 Å². The third-order valence-electron chi connectivity index (χ3n) is 2.50. The minimum Gasteiger partial charge on any atom is -0.484 e. The highest BCUT2D eigenvalue weighted by molar-refractivity contribution is 5.60. The summed E-state index contributed by atoms with van der Waals surface area (Å²) in [6, 6.07) is 6.52. The molecule has 2 rings (SSSR count). The molecule has 1 aromatic carbocycles. The highest BCUT2D eigenvalue weighted by Crippen LogP contribution is 2.34. The zero-order chi connectivity index (χ0) is 12.5. The number of benzene rings is 1. The van der Waals surface area contributed by atoms with Gasteiger partial charge in [-0.25, -0.2) is 0 Å². The summed E-state index contributed by atoms with van der Waals surface area (Å²) < 4.78 is 42.6. The number of anilines is 1. The zero-order valence-electron chi connectivity index (χ0n) is 8.94. The Balaban J connectivity index is 2.26. The molecule has 0 aromatic heterocycles. The van der Waals surface area contributed by atoms with E-state index in [1.165, 1.54) is 4.90 Å². The molecule has 6 heteroatoms. The Morgan fingerprint density at radius 3 is 2.71 bits per heavy atom. The number of hydrogen-bond acceptors (Lipinski definition) is 3. The number of fused-ring (bicyclic) bond motifs is 1. The van der Waals surface area contributed by atoms with Gasteiger partial charge in [-0.2, -0.15) is 13.2 Å². The van der Waals surface area contributed by atoms with E-state index < -0.39 is 18.8 Å². The van der Waals surface area contributed by atoms with Crippen molar-refractivity contribution in [1.82, 2.24) is 0 Å². The SMILES string of the molecule is OCC1CN(CC(F)(F)F)c2ccccc2O1. The second kappa shape index (κ2) is 4.44. The Bertz CT molecular complexity index is 395. The maximum atomic E-state index is 12.4. The molecule has 1 aliphatic rings. The van der Waals surface area contributed by atoms with Crippen LogP contribution < -0.4 is 9.64 Å². The number of hydrogen-bond donors (Lipinski definition) is 1. The van der Waals surface area contributed by atoms with Crippen molar-refractivity contribution in [3.63, 3.8) is 0 Å². The summed E-state index contributed by atoms with van der Waals surface area (Å²) in [6.07, 6.45) is -4.89. The van der Waals surface area contributed by atoms with Crippen LogP contribution in [0.25, 0.3) is 0 Å². The highest BCUT2D eigenvalue weighted by Gasteiger charge is 2.35. The monoisotopic (exact) mass is 247 g/mol. The number of halogens is 3. The maximum absolute atomic E-state index is 12.4. The van der Waals surface area contributed by atoms with Crippen LogP contribution in [-0.2, 0) is 0 Å². The number of nitrogens with zero attached hydrogens (tertiary/aromatic N) is 1. The van der Waals surface area contributed by atoms with Crippen molar-refractivity contribution >= 4 is 5.69 Å². The lowest BCUT2D eigenvalue weighted by molar-refractivity contribution is -0.120. The van der Waals surface area contributed by atoms with Gasteiger partial charge in [-0.1, -0.05) is 12.1 Å². The fourth-order valence-electron chi connectivity index (χ4n) is 1.84. The van der Waals surface area contributed by atoms with Crippen molar-refractivity contribution in [1.29, 1.82) is 0 Å². The fraction of sp³-hybridized carbons (Fsp3) is 0.455. The van der Waals surface area contributed by atoms with Gasteiger partial charge in [0.05, 0.1) is 18.8 Å². The number of ether oxygens (including phenoxy) is 1. The summed E-state index contributed by atoms with van der Waals surface area (Å²) in [5, 5.41) is 9.00. The molecule has 1 heterocycles. The molecule has 1 aliphatic heterocycles. The molecular formula is C11H12F3NO2. The van der Waals surface area contributed by atoms with Crippen LogP contribution in [0.4, 0.5) is 18.9 Å². The molecule has 1 N–H and O–H groups in total. The predicted octanol–water partition coefficient (Wildman–Crippen LogP) is 1.81. The predicted molar refractivity (Wildman–Crippen MR) is 56.2 cm³/mol. The Morgan fingerprint density at radius 2 is 2.06 bits per heavy atom. The van der Waals surface area contributed by atoms with Gasteiger partial charge < -0.3 is 14.7 Å². The van der Waals surface area contributed by atoms with Crippen LogP contribution in [0.1, 0.15) is 0 Å². The fourth-order valence-corrected chi connectivity index (χ4v) is 1.84. The van der Waals surface area contributed by atoms with Gasteiger partial charge in [0.15, 0.2) is 0 Å². The van der Waals surface area contributed by atoms with Crippen molar-refractivity contribution in [2.75, 3.05) is 24.6 Å². The minimum atomic E-state index is -4.27. The standard InChI is InChI=1S/C11H12F3NO2/c12-11(13,14)7-15-5-8(6-16)17-10-4-2-1-3-9(10)15/h1-4,8,16H,5-7H2. The van der Waals surface area contributed by atoms with Crippen LogP contribution >= 0.6 is 0 Å². The topological polar surface area (TPSA) is 32.7 Å². The average molecular weight is 247 g/mol. The smallest absolute Gasteiger partial charge is 0.405 e. The number of para-hydroxylation sites is 2. The Hall–Kier alpha value is -1.43. The summed E-state index contributed by atoms with van der Waals surface area (Å²) in [4.78, 5) is 1.18. The first-order chi connectivity index (χ1) is 7.99. The van der Waals surface area contributed by atoms with E-state index in [4.69, 9.17) is 9.84 Å². The normalized spacial score (nSPS) is 19.8. The summed E-state index contributed by atoms with van der Waals surface area (Å²) in [7, 11) is 0. The van der Waals surface area contributed by atoms with E-state index in [1.807, 2.05) is 0 Å².